The number of nitrogens with two attached hydrogens (primary N) is 2. The van der Waals surface area contributed by atoms with Crippen molar-refractivity contribution in [2.24, 2.45) is 16.6 Å². The average molecular weight is 280 g/mol. The molecule has 2 aromatic rings. The van der Waals surface area contributed by atoms with Crippen molar-refractivity contribution in [1.29, 1.82) is 5.26 Å². The lowest BCUT2D eigenvalue weighted by Crippen LogP contribution is -2.35. The van der Waals surface area contributed by atoms with Crippen LogP contribution in [0.25, 0.3) is 0 Å². The number of nitrogens with one attached hydrogen (secondary N) is 1. The molecule has 104 valence electrons. The van der Waals surface area contributed by atoms with E-state index in [1.807, 2.05) is 30.3 Å². The second-order valence-corrected chi connectivity index (χ2v) is 4.72. The van der Waals surface area contributed by atoms with Crippen molar-refractivity contribution in [3.05, 3.63) is 51.8 Å². The summed E-state index contributed by atoms with van der Waals surface area (Å²) in [5.41, 5.74) is 12.1. The van der Waals surface area contributed by atoms with Crippen molar-refractivity contribution >= 4 is 17.6 Å². The Morgan fingerprint density at radius 2 is 1.95 bits per heavy atom. The molecule has 21 heavy (non-hydrogen) atoms. The summed E-state index contributed by atoms with van der Waals surface area (Å²) in [6.07, 6.45) is 0. The molecule has 0 saturated carbocycles. The van der Waals surface area contributed by atoms with Crippen LogP contribution in [0.15, 0.2) is 40.1 Å². The van der Waals surface area contributed by atoms with Gasteiger partial charge in [0, 0.05) is 5.92 Å². The highest BCUT2D eigenvalue weighted by molar-refractivity contribution is 5.91. The molecule has 1 aliphatic rings. The minimum atomic E-state index is -0.716. The Morgan fingerprint density at radius 3 is 2.62 bits per heavy atom. The zero-order valence-electron chi connectivity index (χ0n) is 10.9. The maximum absolute atomic E-state index is 12.2. The molecule has 7 nitrogen and oxygen atoms in total. The van der Waals surface area contributed by atoms with E-state index in [-0.39, 0.29) is 17.6 Å². The molecular formula is C14H12N6O. The summed E-state index contributed by atoms with van der Waals surface area (Å²) >= 11 is 0. The van der Waals surface area contributed by atoms with Gasteiger partial charge in [0.2, 0.25) is 5.95 Å². The van der Waals surface area contributed by atoms with Crippen LogP contribution in [-0.2, 0) is 0 Å². The van der Waals surface area contributed by atoms with Gasteiger partial charge in [-0.15, -0.1) is 0 Å². The van der Waals surface area contributed by atoms with Crippen LogP contribution in [0, 0.1) is 17.2 Å². The second-order valence-electron chi connectivity index (χ2n) is 4.72. The average Bonchev–Trinajstić information content (AvgIpc) is 2.46. The fraction of sp³-hybridized carbons (Fsp3) is 0.143. The number of aromatic nitrogens is 2. The number of anilines is 1. The molecule has 0 fully saturated rings. The lowest BCUT2D eigenvalue weighted by molar-refractivity contribution is 0.696. The molecule has 0 saturated heterocycles. The first kappa shape index (κ1) is 12.9. The second kappa shape index (κ2) is 4.76. The van der Waals surface area contributed by atoms with Gasteiger partial charge in [-0.25, -0.2) is 4.99 Å². The number of fused-ring (bicyclic) bond motifs is 1. The Labute approximate surface area is 120 Å². The van der Waals surface area contributed by atoms with Crippen molar-refractivity contribution in [2.45, 2.75) is 5.92 Å². The predicted molar refractivity (Wildman–Crippen MR) is 77.9 cm³/mol. The Hall–Kier alpha value is -3.14. The summed E-state index contributed by atoms with van der Waals surface area (Å²) in [7, 11) is 0. The number of nitrogen functional groups attached to an aromatic ring is 1. The van der Waals surface area contributed by atoms with Gasteiger partial charge in [0.1, 0.15) is 11.8 Å². The van der Waals surface area contributed by atoms with Crippen LogP contribution in [0.1, 0.15) is 17.0 Å². The van der Waals surface area contributed by atoms with Crippen LogP contribution < -0.4 is 17.0 Å². The monoisotopic (exact) mass is 280 g/mol. The molecule has 1 aromatic heterocycles. The third-order valence-corrected chi connectivity index (χ3v) is 3.45. The molecule has 2 unspecified atom stereocenters. The van der Waals surface area contributed by atoms with E-state index >= 15 is 0 Å². The number of amidine groups is 1. The fourth-order valence-corrected chi connectivity index (χ4v) is 2.54. The minimum Gasteiger partial charge on any atom is -0.386 e. The van der Waals surface area contributed by atoms with Gasteiger partial charge in [-0.05, 0) is 5.56 Å². The molecule has 0 amide bonds. The fourth-order valence-electron chi connectivity index (χ4n) is 2.54. The summed E-state index contributed by atoms with van der Waals surface area (Å²) in [4.78, 5) is 22.8. The van der Waals surface area contributed by atoms with Crippen LogP contribution in [0.3, 0.4) is 0 Å². The van der Waals surface area contributed by atoms with E-state index in [0.717, 1.165) is 5.56 Å². The maximum Gasteiger partial charge on any atom is 0.258 e. The molecule has 1 aliphatic heterocycles. The van der Waals surface area contributed by atoms with Gasteiger partial charge >= 0.3 is 0 Å². The number of aromatic amines is 1. The summed E-state index contributed by atoms with van der Waals surface area (Å²) in [5.74, 6) is -0.949. The Kier molecular flexibility index (Phi) is 2.92. The Bertz CT molecular complexity index is 818. The smallest absolute Gasteiger partial charge is 0.258 e. The summed E-state index contributed by atoms with van der Waals surface area (Å²) in [6.45, 7) is 0. The van der Waals surface area contributed by atoms with Crippen LogP contribution >= 0.6 is 0 Å². The predicted octanol–water partition coefficient (Wildman–Crippen LogP) is 0.626. The van der Waals surface area contributed by atoms with E-state index in [2.05, 4.69) is 21.0 Å². The van der Waals surface area contributed by atoms with E-state index in [1.165, 1.54) is 0 Å². The van der Waals surface area contributed by atoms with Gasteiger partial charge in [0.05, 0.1) is 11.6 Å². The molecule has 0 spiro atoms. The highest BCUT2D eigenvalue weighted by Crippen LogP contribution is 2.38. The molecule has 0 bridgehead atoms. The topological polar surface area (TPSA) is 134 Å². The lowest BCUT2D eigenvalue weighted by Gasteiger charge is -2.26. The van der Waals surface area contributed by atoms with Crippen molar-refractivity contribution < 1.29 is 0 Å². The number of aliphatic imine (C=N–C) groups is 1. The quantitative estimate of drug-likeness (QED) is 0.704. The van der Waals surface area contributed by atoms with Gasteiger partial charge < -0.3 is 11.5 Å². The van der Waals surface area contributed by atoms with E-state index in [1.54, 1.807) is 0 Å². The number of nitriles is 1. The molecule has 2 heterocycles. The van der Waals surface area contributed by atoms with Crippen molar-refractivity contribution in [2.75, 3.05) is 5.73 Å². The number of rotatable bonds is 1. The summed E-state index contributed by atoms with van der Waals surface area (Å²) in [5, 5.41) is 9.40. The SMILES string of the molecule is N#CC1C(N)=Nc2nc(N)[nH]c(=O)c2C1c1ccccc1. The van der Waals surface area contributed by atoms with Gasteiger partial charge in [0.15, 0.2) is 5.82 Å². The molecule has 0 radical (unpaired) electrons. The molecule has 7 heteroatoms. The first-order valence-electron chi connectivity index (χ1n) is 6.30. The van der Waals surface area contributed by atoms with Gasteiger partial charge in [-0.2, -0.15) is 10.2 Å². The molecule has 1 aromatic carbocycles. The third-order valence-electron chi connectivity index (χ3n) is 3.45. The maximum atomic E-state index is 12.2. The third kappa shape index (κ3) is 2.03. The summed E-state index contributed by atoms with van der Waals surface area (Å²) in [6, 6.07) is 11.3. The van der Waals surface area contributed by atoms with Crippen molar-refractivity contribution in [3.8, 4) is 6.07 Å². The van der Waals surface area contributed by atoms with Gasteiger partial charge in [-0.3, -0.25) is 9.78 Å². The first-order valence-corrected chi connectivity index (χ1v) is 6.30. The molecular weight excluding hydrogens is 268 g/mol. The standard InChI is InChI=1S/C14H12N6O/c15-6-8-9(7-4-2-1-3-5-7)10-12(18-11(8)16)19-14(17)20-13(10)21/h1-5,8-9H,(H5,16,17,18,19,20,21). The number of H-pyrrole nitrogens is 1. The number of hydrogen-bond acceptors (Lipinski definition) is 6. The highest BCUT2D eigenvalue weighted by Gasteiger charge is 2.36. The molecule has 5 N–H and O–H groups in total. The normalized spacial score (nSPS) is 20.2. The highest BCUT2D eigenvalue weighted by atomic mass is 16.1. The van der Waals surface area contributed by atoms with Gasteiger partial charge in [-0.1, -0.05) is 30.3 Å². The Balaban J connectivity index is 2.31. The van der Waals surface area contributed by atoms with Crippen LogP contribution in [0.2, 0.25) is 0 Å². The Morgan fingerprint density at radius 1 is 1.24 bits per heavy atom. The van der Waals surface area contributed by atoms with Crippen LogP contribution in [0.4, 0.5) is 11.8 Å². The molecule has 3 rings (SSSR count). The molecule has 2 atom stereocenters. The van der Waals surface area contributed by atoms with E-state index < -0.39 is 17.4 Å². The summed E-state index contributed by atoms with van der Waals surface area (Å²) < 4.78 is 0. The largest absolute Gasteiger partial charge is 0.386 e. The van der Waals surface area contributed by atoms with E-state index in [0.29, 0.717) is 5.56 Å². The number of benzene rings is 1. The van der Waals surface area contributed by atoms with Gasteiger partial charge in [0.25, 0.3) is 5.56 Å². The number of nitrogens with zero attached hydrogens (tertiary/aromatic N) is 3. The lowest BCUT2D eigenvalue weighted by atomic mass is 9.79. The van der Waals surface area contributed by atoms with E-state index in [9.17, 15) is 10.1 Å². The van der Waals surface area contributed by atoms with Crippen molar-refractivity contribution in [1.82, 2.24) is 9.97 Å². The zero-order valence-corrected chi connectivity index (χ0v) is 10.9. The van der Waals surface area contributed by atoms with Crippen LogP contribution in [0.5, 0.6) is 0 Å². The van der Waals surface area contributed by atoms with Crippen LogP contribution in [-0.4, -0.2) is 15.8 Å². The zero-order chi connectivity index (χ0) is 15.0. The first-order chi connectivity index (χ1) is 10.1. The minimum absolute atomic E-state index is 0.0301. The number of hydrogen-bond donors (Lipinski definition) is 3. The van der Waals surface area contributed by atoms with Crippen molar-refractivity contribution in [3.63, 3.8) is 0 Å². The molecule has 0 aliphatic carbocycles. The van der Waals surface area contributed by atoms with E-state index in [4.69, 9.17) is 11.5 Å².